The molecule has 1 saturated carbocycles. The molecule has 5 nitrogen and oxygen atoms in total. The molecule has 7 heteroatoms. The second-order valence-corrected chi connectivity index (χ2v) is 6.60. The number of aromatic nitrogens is 2. The number of sulfonamides is 1. The maximum atomic E-state index is 12.6. The van der Waals surface area contributed by atoms with Crippen LogP contribution in [0.1, 0.15) is 38.2 Å². The second kappa shape index (κ2) is 5.59. The summed E-state index contributed by atoms with van der Waals surface area (Å²) in [7, 11) is -3.50. The van der Waals surface area contributed by atoms with Crippen LogP contribution >= 0.6 is 11.6 Å². The van der Waals surface area contributed by atoms with Crippen LogP contribution in [0.2, 0.25) is 0 Å². The summed E-state index contributed by atoms with van der Waals surface area (Å²) >= 11 is 5.74. The zero-order valence-electron chi connectivity index (χ0n) is 10.4. The van der Waals surface area contributed by atoms with Crippen molar-refractivity contribution in [3.63, 3.8) is 0 Å². The van der Waals surface area contributed by atoms with E-state index in [4.69, 9.17) is 11.6 Å². The summed E-state index contributed by atoms with van der Waals surface area (Å²) in [6.45, 7) is 2.35. The van der Waals surface area contributed by atoms with Crippen molar-refractivity contribution >= 4 is 21.6 Å². The molecule has 1 aromatic rings. The van der Waals surface area contributed by atoms with Gasteiger partial charge in [0.2, 0.25) is 0 Å². The molecule has 2 rings (SSSR count). The maximum Gasteiger partial charge on any atom is 0.260 e. The second-order valence-electron chi connectivity index (χ2n) is 4.50. The molecule has 0 aromatic carbocycles. The molecule has 0 radical (unpaired) electrons. The quantitative estimate of drug-likeness (QED) is 0.845. The van der Waals surface area contributed by atoms with E-state index in [2.05, 4.69) is 10.2 Å². The highest BCUT2D eigenvalue weighted by atomic mass is 35.5. The number of rotatable bonds is 5. The maximum absolute atomic E-state index is 12.6. The van der Waals surface area contributed by atoms with Crippen LogP contribution in [0.5, 0.6) is 0 Å². The fourth-order valence-electron chi connectivity index (χ4n) is 2.55. The van der Waals surface area contributed by atoms with Crippen LogP contribution in [-0.2, 0) is 15.9 Å². The van der Waals surface area contributed by atoms with Gasteiger partial charge in [0.15, 0.2) is 5.03 Å². The van der Waals surface area contributed by atoms with E-state index in [1.54, 1.807) is 4.31 Å². The van der Waals surface area contributed by atoms with E-state index < -0.39 is 10.0 Å². The van der Waals surface area contributed by atoms with Crippen molar-refractivity contribution in [2.75, 3.05) is 6.54 Å². The third kappa shape index (κ3) is 2.41. The SMILES string of the molecule is CCN(C1CCCC1)S(=O)(=O)c1[nH]ncc1CCl. The van der Waals surface area contributed by atoms with Gasteiger partial charge in [0, 0.05) is 18.2 Å². The summed E-state index contributed by atoms with van der Waals surface area (Å²) in [4.78, 5) is 0. The van der Waals surface area contributed by atoms with Crippen LogP contribution in [0.15, 0.2) is 11.2 Å². The molecule has 1 aliphatic carbocycles. The predicted octanol–water partition coefficient (Wildman–Crippen LogP) is 2.10. The molecule has 0 amide bonds. The van der Waals surface area contributed by atoms with Crippen LogP contribution in [0.3, 0.4) is 0 Å². The molecule has 0 bridgehead atoms. The zero-order chi connectivity index (χ0) is 13.2. The Morgan fingerprint density at radius 2 is 2.17 bits per heavy atom. The number of nitrogens with zero attached hydrogens (tertiary/aromatic N) is 2. The van der Waals surface area contributed by atoms with Gasteiger partial charge in [0.25, 0.3) is 10.0 Å². The number of hydrogen-bond donors (Lipinski definition) is 1. The van der Waals surface area contributed by atoms with Crippen LogP contribution in [-0.4, -0.2) is 35.5 Å². The van der Waals surface area contributed by atoms with Gasteiger partial charge in [-0.25, -0.2) is 8.42 Å². The Labute approximate surface area is 113 Å². The Morgan fingerprint density at radius 3 is 2.72 bits per heavy atom. The van der Waals surface area contributed by atoms with Gasteiger partial charge in [-0.3, -0.25) is 5.10 Å². The number of nitrogens with one attached hydrogen (secondary N) is 1. The smallest absolute Gasteiger partial charge is 0.260 e. The summed E-state index contributed by atoms with van der Waals surface area (Å²) in [6, 6.07) is 0.117. The van der Waals surface area contributed by atoms with Gasteiger partial charge in [0.1, 0.15) is 0 Å². The van der Waals surface area contributed by atoms with Crippen LogP contribution in [0.4, 0.5) is 0 Å². The van der Waals surface area contributed by atoms with E-state index in [1.165, 1.54) is 6.20 Å². The molecule has 102 valence electrons. The molecular formula is C11H18ClN3O2S. The van der Waals surface area contributed by atoms with Crippen molar-refractivity contribution in [2.24, 2.45) is 0 Å². The van der Waals surface area contributed by atoms with Gasteiger partial charge >= 0.3 is 0 Å². The first kappa shape index (κ1) is 13.8. The summed E-state index contributed by atoms with van der Waals surface area (Å²) in [5, 5.41) is 6.50. The predicted molar refractivity (Wildman–Crippen MR) is 70.0 cm³/mol. The topological polar surface area (TPSA) is 66.1 Å². The minimum Gasteiger partial charge on any atom is -0.266 e. The Bertz CT molecular complexity index is 494. The van der Waals surface area contributed by atoms with Crippen molar-refractivity contribution in [1.29, 1.82) is 0 Å². The number of H-pyrrole nitrogens is 1. The lowest BCUT2D eigenvalue weighted by Gasteiger charge is -2.26. The Kier molecular flexibility index (Phi) is 4.29. The van der Waals surface area contributed by atoms with Gasteiger partial charge in [-0.15, -0.1) is 11.6 Å². The van der Waals surface area contributed by atoms with E-state index in [0.717, 1.165) is 25.7 Å². The molecule has 1 heterocycles. The highest BCUT2D eigenvalue weighted by molar-refractivity contribution is 7.89. The normalized spacial score (nSPS) is 17.7. The Hall–Kier alpha value is -0.590. The molecule has 0 saturated heterocycles. The lowest BCUT2D eigenvalue weighted by Crippen LogP contribution is -2.39. The molecule has 0 spiro atoms. The average Bonchev–Trinajstić information content (AvgIpc) is 3.00. The summed E-state index contributed by atoms with van der Waals surface area (Å²) < 4.78 is 26.7. The summed E-state index contributed by atoms with van der Waals surface area (Å²) in [5.74, 6) is 0.146. The standard InChI is InChI=1S/C11H18ClN3O2S/c1-2-15(10-5-3-4-6-10)18(16,17)11-9(7-12)8-13-14-11/h8,10H,2-7H2,1H3,(H,13,14). The molecular weight excluding hydrogens is 274 g/mol. The van der Waals surface area contributed by atoms with E-state index in [0.29, 0.717) is 12.1 Å². The van der Waals surface area contributed by atoms with Crippen molar-refractivity contribution in [2.45, 2.75) is 49.6 Å². The molecule has 1 fully saturated rings. The van der Waals surface area contributed by atoms with Gasteiger partial charge in [-0.2, -0.15) is 9.40 Å². The van der Waals surface area contributed by atoms with Gasteiger partial charge < -0.3 is 0 Å². The zero-order valence-corrected chi connectivity index (χ0v) is 12.0. The minimum atomic E-state index is -3.50. The number of alkyl halides is 1. The van der Waals surface area contributed by atoms with Crippen molar-refractivity contribution in [3.05, 3.63) is 11.8 Å². The van der Waals surface area contributed by atoms with E-state index in [9.17, 15) is 8.42 Å². The molecule has 1 aromatic heterocycles. The lowest BCUT2D eigenvalue weighted by atomic mass is 10.2. The Balaban J connectivity index is 2.33. The molecule has 1 N–H and O–H groups in total. The fraction of sp³-hybridized carbons (Fsp3) is 0.727. The molecule has 0 unspecified atom stereocenters. The van der Waals surface area contributed by atoms with Gasteiger partial charge in [0.05, 0.1) is 12.1 Å². The van der Waals surface area contributed by atoms with Crippen molar-refractivity contribution in [3.8, 4) is 0 Å². The van der Waals surface area contributed by atoms with Crippen LogP contribution in [0.25, 0.3) is 0 Å². The van der Waals surface area contributed by atoms with Gasteiger partial charge in [-0.1, -0.05) is 19.8 Å². The first-order valence-corrected chi connectivity index (χ1v) is 8.18. The molecule has 1 aliphatic rings. The Morgan fingerprint density at radius 1 is 1.50 bits per heavy atom. The van der Waals surface area contributed by atoms with Crippen LogP contribution < -0.4 is 0 Å². The van der Waals surface area contributed by atoms with E-state index in [1.807, 2.05) is 6.92 Å². The van der Waals surface area contributed by atoms with Crippen molar-refractivity contribution in [1.82, 2.24) is 14.5 Å². The summed E-state index contributed by atoms with van der Waals surface area (Å²) in [6.07, 6.45) is 5.56. The van der Waals surface area contributed by atoms with E-state index >= 15 is 0 Å². The van der Waals surface area contributed by atoms with Crippen LogP contribution in [0, 0.1) is 0 Å². The fourth-order valence-corrected chi connectivity index (χ4v) is 4.64. The first-order valence-electron chi connectivity index (χ1n) is 6.21. The minimum absolute atomic E-state index is 0.117. The monoisotopic (exact) mass is 291 g/mol. The number of aromatic amines is 1. The highest BCUT2D eigenvalue weighted by Crippen LogP contribution is 2.29. The third-order valence-corrected chi connectivity index (χ3v) is 5.76. The highest BCUT2D eigenvalue weighted by Gasteiger charge is 2.34. The summed E-state index contributed by atoms with van der Waals surface area (Å²) in [5.41, 5.74) is 0.535. The third-order valence-electron chi connectivity index (χ3n) is 3.43. The van der Waals surface area contributed by atoms with Crippen molar-refractivity contribution < 1.29 is 8.42 Å². The van der Waals surface area contributed by atoms with Gasteiger partial charge in [-0.05, 0) is 12.8 Å². The number of halogens is 1. The number of hydrogen-bond acceptors (Lipinski definition) is 3. The molecule has 0 aliphatic heterocycles. The average molecular weight is 292 g/mol. The van der Waals surface area contributed by atoms with E-state index in [-0.39, 0.29) is 16.9 Å². The lowest BCUT2D eigenvalue weighted by molar-refractivity contribution is 0.334. The first-order chi connectivity index (χ1) is 8.61. The largest absolute Gasteiger partial charge is 0.266 e. The molecule has 18 heavy (non-hydrogen) atoms. The molecule has 0 atom stereocenters.